The van der Waals surface area contributed by atoms with E-state index in [0.29, 0.717) is 31.2 Å². The Bertz CT molecular complexity index is 1130. The number of hydrogen-bond acceptors (Lipinski definition) is 4. The molecule has 7 atom stereocenters. The molecule has 4 aliphatic carbocycles. The van der Waals surface area contributed by atoms with Crippen molar-refractivity contribution in [3.63, 3.8) is 0 Å². The molecular weight excluding hydrogens is 495 g/mol. The maximum absolute atomic E-state index is 15.0. The Labute approximate surface area is 212 Å². The van der Waals surface area contributed by atoms with E-state index in [9.17, 15) is 27.9 Å². The van der Waals surface area contributed by atoms with Crippen LogP contribution in [-0.2, 0) is 9.53 Å². The molecule has 0 radical (unpaired) electrons. The fourth-order valence-electron chi connectivity index (χ4n) is 8.39. The number of alkyl halides is 5. The van der Waals surface area contributed by atoms with Gasteiger partial charge in [0.1, 0.15) is 5.60 Å². The van der Waals surface area contributed by atoms with Gasteiger partial charge in [-0.05, 0) is 91.9 Å². The summed E-state index contributed by atoms with van der Waals surface area (Å²) in [6.45, 7) is 1.41. The van der Waals surface area contributed by atoms with E-state index in [1.165, 1.54) is 14.0 Å². The van der Waals surface area contributed by atoms with Gasteiger partial charge in [-0.25, -0.2) is 4.79 Å². The minimum atomic E-state index is -5.87. The Balaban J connectivity index is 1.62. The molecule has 1 aromatic carbocycles. The van der Waals surface area contributed by atoms with E-state index < -0.39 is 47.3 Å². The molecule has 0 unspecified atom stereocenters. The lowest BCUT2D eigenvalue weighted by atomic mass is 9.46. The van der Waals surface area contributed by atoms with Crippen molar-refractivity contribution >= 4 is 11.8 Å². The van der Waals surface area contributed by atoms with E-state index in [-0.39, 0.29) is 36.4 Å². The molecule has 3 fully saturated rings. The average Bonchev–Trinajstić information content (AvgIpc) is 3.13. The number of fused-ring (bicyclic) bond motifs is 5. The minimum absolute atomic E-state index is 0.0307. The summed E-state index contributed by atoms with van der Waals surface area (Å²) in [7, 11) is 1.25. The monoisotopic (exact) mass is 526 g/mol. The molecule has 0 saturated heterocycles. The Morgan fingerprint density at radius 1 is 1.03 bits per heavy atom. The second-order valence-corrected chi connectivity index (χ2v) is 11.5. The van der Waals surface area contributed by atoms with E-state index in [0.717, 1.165) is 11.1 Å². The highest BCUT2D eigenvalue weighted by Crippen LogP contribution is 2.71. The number of aliphatic hydroxyl groups is 1. The molecule has 3 saturated carbocycles. The largest absolute Gasteiger partial charge is 0.465 e. The van der Waals surface area contributed by atoms with E-state index in [4.69, 9.17) is 4.74 Å². The van der Waals surface area contributed by atoms with Gasteiger partial charge in [0.25, 0.3) is 0 Å². The number of hydrogen-bond donors (Lipinski definition) is 1. The van der Waals surface area contributed by atoms with Crippen LogP contribution in [0.1, 0.15) is 73.7 Å². The van der Waals surface area contributed by atoms with Crippen LogP contribution < -0.4 is 0 Å². The molecule has 0 aromatic heterocycles. The van der Waals surface area contributed by atoms with Gasteiger partial charge in [-0.2, -0.15) is 22.0 Å². The molecule has 5 rings (SSSR count). The van der Waals surface area contributed by atoms with Gasteiger partial charge >= 0.3 is 18.1 Å². The van der Waals surface area contributed by atoms with Gasteiger partial charge in [0.15, 0.2) is 5.78 Å². The highest BCUT2D eigenvalue weighted by molar-refractivity contribution is 5.91. The van der Waals surface area contributed by atoms with Crippen molar-refractivity contribution in [3.05, 3.63) is 47.0 Å². The number of halogens is 5. The first-order chi connectivity index (χ1) is 17.2. The zero-order valence-electron chi connectivity index (χ0n) is 20.8. The highest BCUT2D eigenvalue weighted by Gasteiger charge is 2.79. The molecule has 0 bridgehead atoms. The molecule has 4 nitrogen and oxygen atoms in total. The summed E-state index contributed by atoms with van der Waals surface area (Å²) in [5.74, 6) is -6.85. The smallest absolute Gasteiger partial charge is 0.456 e. The van der Waals surface area contributed by atoms with Gasteiger partial charge in [0.2, 0.25) is 0 Å². The van der Waals surface area contributed by atoms with Crippen LogP contribution in [0.4, 0.5) is 22.0 Å². The molecule has 4 aliphatic rings. The number of carbonyl (C=O) groups is 2. The third-order valence-corrected chi connectivity index (χ3v) is 10.1. The second-order valence-electron chi connectivity index (χ2n) is 11.5. The number of carbonyl (C=O) groups excluding carboxylic acids is 2. The predicted molar refractivity (Wildman–Crippen MR) is 124 cm³/mol. The van der Waals surface area contributed by atoms with Crippen molar-refractivity contribution in [2.75, 3.05) is 7.11 Å². The van der Waals surface area contributed by atoms with Crippen molar-refractivity contribution in [3.8, 4) is 0 Å². The standard InChI is InChI=1S/C28H31F5O4/c1-25-14-21(15-3-5-16(6-4-15)24(35)37-2)23-19-10-8-18(34)13-17(19)7-9-20(23)22(25)11-12-26(25,36)27(29,30)28(31,32)33/h3-6,13,19-23,36H,7-12,14H2,1-2H3/t19-,20-,21+,22-,23+,25-,26-/m0/s1. The maximum Gasteiger partial charge on any atom is 0.456 e. The zero-order valence-corrected chi connectivity index (χ0v) is 20.8. The number of methoxy groups -OCH3 is 1. The summed E-state index contributed by atoms with van der Waals surface area (Å²) in [6, 6.07) is 6.55. The zero-order chi connectivity index (χ0) is 27.0. The summed E-state index contributed by atoms with van der Waals surface area (Å²) in [4.78, 5) is 24.1. The molecule has 37 heavy (non-hydrogen) atoms. The van der Waals surface area contributed by atoms with Crippen molar-refractivity contribution in [1.82, 2.24) is 0 Å². The Morgan fingerprint density at radius 3 is 2.32 bits per heavy atom. The normalized spacial score (nSPS) is 37.8. The summed E-state index contributed by atoms with van der Waals surface area (Å²) < 4.78 is 75.7. The number of benzene rings is 1. The van der Waals surface area contributed by atoms with Crippen LogP contribution >= 0.6 is 0 Å². The Kier molecular flexibility index (Phi) is 6.13. The molecule has 9 heteroatoms. The molecular formula is C28H31F5O4. The van der Waals surface area contributed by atoms with Gasteiger partial charge in [0.05, 0.1) is 12.7 Å². The van der Waals surface area contributed by atoms with Gasteiger partial charge < -0.3 is 9.84 Å². The van der Waals surface area contributed by atoms with Gasteiger partial charge in [-0.15, -0.1) is 0 Å². The van der Waals surface area contributed by atoms with Crippen molar-refractivity contribution in [1.29, 1.82) is 0 Å². The summed E-state index contributed by atoms with van der Waals surface area (Å²) >= 11 is 0. The molecule has 0 heterocycles. The molecule has 0 spiro atoms. The van der Waals surface area contributed by atoms with Crippen molar-refractivity contribution in [2.45, 2.75) is 75.5 Å². The second kappa shape index (κ2) is 8.61. The van der Waals surface area contributed by atoms with Crippen molar-refractivity contribution in [2.24, 2.45) is 29.1 Å². The first-order valence-corrected chi connectivity index (χ1v) is 12.8. The lowest BCUT2D eigenvalue weighted by molar-refractivity contribution is -0.364. The fourth-order valence-corrected chi connectivity index (χ4v) is 8.39. The number of allylic oxidation sites excluding steroid dienone is 1. The first-order valence-electron chi connectivity index (χ1n) is 12.8. The van der Waals surface area contributed by atoms with E-state index in [1.807, 2.05) is 0 Å². The summed E-state index contributed by atoms with van der Waals surface area (Å²) in [5, 5.41) is 11.3. The molecule has 0 aliphatic heterocycles. The van der Waals surface area contributed by atoms with Gasteiger partial charge in [-0.1, -0.05) is 24.6 Å². The number of ether oxygens (including phenoxy) is 1. The minimum Gasteiger partial charge on any atom is -0.465 e. The SMILES string of the molecule is COC(=O)c1ccc([C@H]2C[C@@]3(C)[C@@H](CC[C@@]3(O)C(F)(F)C(F)(F)F)[C@@H]3CCC4=CC(=O)CC[C@@H]4[C@H]32)cc1. The Hall–Kier alpha value is -2.29. The molecule has 0 amide bonds. The van der Waals surface area contributed by atoms with Crippen LogP contribution in [0.25, 0.3) is 0 Å². The van der Waals surface area contributed by atoms with E-state index in [1.54, 1.807) is 30.3 Å². The quantitative estimate of drug-likeness (QED) is 0.374. The third kappa shape index (κ3) is 3.70. The number of ketones is 1. The summed E-state index contributed by atoms with van der Waals surface area (Å²) in [6.07, 6.45) is -2.58. The van der Waals surface area contributed by atoms with E-state index in [2.05, 4.69) is 0 Å². The molecule has 1 N–H and O–H groups in total. The van der Waals surface area contributed by atoms with Crippen molar-refractivity contribution < 1.29 is 41.4 Å². The molecule has 1 aromatic rings. The van der Waals surface area contributed by atoms with Crippen LogP contribution in [0.2, 0.25) is 0 Å². The fraction of sp³-hybridized carbons (Fsp3) is 0.643. The topological polar surface area (TPSA) is 63.6 Å². The Morgan fingerprint density at radius 2 is 1.70 bits per heavy atom. The third-order valence-electron chi connectivity index (χ3n) is 10.1. The lowest BCUT2D eigenvalue weighted by Gasteiger charge is -2.59. The lowest BCUT2D eigenvalue weighted by Crippen LogP contribution is -2.66. The molecule has 202 valence electrons. The summed E-state index contributed by atoms with van der Waals surface area (Å²) in [5.41, 5.74) is -2.84. The van der Waals surface area contributed by atoms with Crippen LogP contribution in [0.5, 0.6) is 0 Å². The number of rotatable bonds is 3. The number of esters is 1. The first kappa shape index (κ1) is 26.3. The average molecular weight is 527 g/mol. The van der Waals surface area contributed by atoms with Crippen LogP contribution in [-0.4, -0.2) is 41.7 Å². The van der Waals surface area contributed by atoms with Gasteiger partial charge in [-0.3, -0.25) is 4.79 Å². The predicted octanol–water partition coefficient (Wildman–Crippen LogP) is 6.24. The van der Waals surface area contributed by atoms with Crippen LogP contribution in [0.3, 0.4) is 0 Å². The van der Waals surface area contributed by atoms with Crippen LogP contribution in [0.15, 0.2) is 35.9 Å². The van der Waals surface area contributed by atoms with E-state index >= 15 is 8.78 Å². The maximum atomic E-state index is 15.0. The highest BCUT2D eigenvalue weighted by atomic mass is 19.4. The van der Waals surface area contributed by atoms with Crippen LogP contribution in [0, 0.1) is 29.1 Å². The van der Waals surface area contributed by atoms with Gasteiger partial charge in [0, 0.05) is 11.8 Å².